The molecule has 8 heteroatoms. The topological polar surface area (TPSA) is 81.7 Å². The summed E-state index contributed by atoms with van der Waals surface area (Å²) in [7, 11) is -3.71. The summed E-state index contributed by atoms with van der Waals surface area (Å²) in [6, 6.07) is 15.0. The maximum Gasteiger partial charge on any atom is 0.307 e. The molecule has 0 radical (unpaired) electrons. The largest absolute Gasteiger partial charge is 0.490 e. The van der Waals surface area contributed by atoms with Gasteiger partial charge in [0.1, 0.15) is 19.0 Å². The third-order valence-electron chi connectivity index (χ3n) is 3.09. The third kappa shape index (κ3) is 6.74. The van der Waals surface area contributed by atoms with Crippen molar-refractivity contribution in [2.75, 3.05) is 19.8 Å². The Morgan fingerprint density at radius 3 is 2.52 bits per heavy atom. The van der Waals surface area contributed by atoms with Gasteiger partial charge in [-0.1, -0.05) is 35.9 Å². The summed E-state index contributed by atoms with van der Waals surface area (Å²) in [5.74, 6) is 0.179. The summed E-state index contributed by atoms with van der Waals surface area (Å²) in [5.41, 5.74) is 0. The normalized spacial score (nSPS) is 11.1. The van der Waals surface area contributed by atoms with Gasteiger partial charge in [-0.3, -0.25) is 4.79 Å². The fraction of sp³-hybridized carbons (Fsp3) is 0.235. The lowest BCUT2D eigenvalue weighted by Gasteiger charge is -2.08. The molecule has 0 bridgehead atoms. The Hall–Kier alpha value is -2.09. The van der Waals surface area contributed by atoms with Crippen LogP contribution in [0.3, 0.4) is 0 Å². The molecule has 25 heavy (non-hydrogen) atoms. The predicted molar refractivity (Wildman–Crippen MR) is 94.2 cm³/mol. The molecule has 0 heterocycles. The highest BCUT2D eigenvalue weighted by Gasteiger charge is 2.14. The predicted octanol–water partition coefficient (Wildman–Crippen LogP) is 2.63. The SMILES string of the molecule is O=C(CCNS(=O)(=O)c1cccc(Cl)c1)OCCOc1ccccc1. The molecule has 2 rings (SSSR count). The Kier molecular flexibility index (Phi) is 7.24. The van der Waals surface area contributed by atoms with Gasteiger partial charge in [-0.05, 0) is 30.3 Å². The van der Waals surface area contributed by atoms with Crippen molar-refractivity contribution in [1.82, 2.24) is 4.72 Å². The first-order chi connectivity index (χ1) is 12.0. The van der Waals surface area contributed by atoms with Gasteiger partial charge in [0.25, 0.3) is 0 Å². The van der Waals surface area contributed by atoms with Crippen molar-refractivity contribution in [3.63, 3.8) is 0 Å². The first-order valence-electron chi connectivity index (χ1n) is 7.56. The van der Waals surface area contributed by atoms with Crippen molar-refractivity contribution in [3.05, 3.63) is 59.6 Å². The van der Waals surface area contributed by atoms with Gasteiger partial charge >= 0.3 is 5.97 Å². The molecule has 134 valence electrons. The van der Waals surface area contributed by atoms with Crippen LogP contribution >= 0.6 is 11.6 Å². The van der Waals surface area contributed by atoms with E-state index in [1.54, 1.807) is 18.2 Å². The smallest absolute Gasteiger partial charge is 0.307 e. The fourth-order valence-electron chi connectivity index (χ4n) is 1.91. The Morgan fingerprint density at radius 1 is 1.04 bits per heavy atom. The number of benzene rings is 2. The molecule has 2 aromatic carbocycles. The monoisotopic (exact) mass is 383 g/mol. The van der Waals surface area contributed by atoms with Gasteiger partial charge in [0.05, 0.1) is 11.3 Å². The molecule has 0 aliphatic carbocycles. The van der Waals surface area contributed by atoms with Crippen molar-refractivity contribution in [2.45, 2.75) is 11.3 Å². The van der Waals surface area contributed by atoms with Crippen LogP contribution in [-0.4, -0.2) is 34.1 Å². The Balaban J connectivity index is 1.66. The van der Waals surface area contributed by atoms with Gasteiger partial charge in [-0.25, -0.2) is 13.1 Å². The molecule has 0 spiro atoms. The lowest BCUT2D eigenvalue weighted by Crippen LogP contribution is -2.27. The van der Waals surface area contributed by atoms with Crippen LogP contribution in [-0.2, 0) is 19.6 Å². The van der Waals surface area contributed by atoms with Gasteiger partial charge in [0, 0.05) is 11.6 Å². The number of carbonyl (C=O) groups is 1. The molecule has 0 saturated carbocycles. The highest BCUT2D eigenvalue weighted by Crippen LogP contribution is 2.15. The molecular weight excluding hydrogens is 366 g/mol. The van der Waals surface area contributed by atoms with Crippen LogP contribution in [0.1, 0.15) is 6.42 Å². The highest BCUT2D eigenvalue weighted by atomic mass is 35.5. The number of nitrogens with one attached hydrogen (secondary N) is 1. The summed E-state index contributed by atoms with van der Waals surface area (Å²) in [6.45, 7) is 0.256. The van der Waals surface area contributed by atoms with E-state index in [4.69, 9.17) is 21.1 Å². The van der Waals surface area contributed by atoms with E-state index in [-0.39, 0.29) is 31.1 Å². The van der Waals surface area contributed by atoms with E-state index in [1.807, 2.05) is 18.2 Å². The zero-order chi connectivity index (χ0) is 18.1. The molecule has 0 amide bonds. The van der Waals surface area contributed by atoms with Crippen molar-refractivity contribution >= 4 is 27.6 Å². The lowest BCUT2D eigenvalue weighted by atomic mass is 10.3. The number of hydrogen-bond acceptors (Lipinski definition) is 5. The van der Waals surface area contributed by atoms with Crippen LogP contribution in [0, 0.1) is 0 Å². The van der Waals surface area contributed by atoms with Gasteiger partial charge in [-0.15, -0.1) is 0 Å². The molecule has 6 nitrogen and oxygen atoms in total. The first-order valence-corrected chi connectivity index (χ1v) is 9.42. The van der Waals surface area contributed by atoms with Crippen molar-refractivity contribution in [2.24, 2.45) is 0 Å². The van der Waals surface area contributed by atoms with E-state index in [0.717, 1.165) is 0 Å². The number of carbonyl (C=O) groups excluding carboxylic acids is 1. The third-order valence-corrected chi connectivity index (χ3v) is 4.78. The molecule has 0 atom stereocenters. The quantitative estimate of drug-likeness (QED) is 0.531. The zero-order valence-electron chi connectivity index (χ0n) is 13.4. The second kappa shape index (κ2) is 9.41. The zero-order valence-corrected chi connectivity index (χ0v) is 14.9. The van der Waals surface area contributed by atoms with E-state index in [2.05, 4.69) is 4.72 Å². The summed E-state index contributed by atoms with van der Waals surface area (Å²) < 4.78 is 36.8. The molecule has 2 aromatic rings. The molecule has 0 unspecified atom stereocenters. The summed E-state index contributed by atoms with van der Waals surface area (Å²) in [4.78, 5) is 11.6. The maximum atomic E-state index is 12.0. The average Bonchev–Trinajstić information content (AvgIpc) is 2.59. The van der Waals surface area contributed by atoms with Crippen LogP contribution in [0.4, 0.5) is 0 Å². The lowest BCUT2D eigenvalue weighted by molar-refractivity contribution is -0.144. The van der Waals surface area contributed by atoms with Crippen LogP contribution < -0.4 is 9.46 Å². The fourth-order valence-corrected chi connectivity index (χ4v) is 3.24. The molecule has 0 aliphatic rings. The summed E-state index contributed by atoms with van der Waals surface area (Å²) in [5, 5.41) is 0.320. The van der Waals surface area contributed by atoms with Crippen LogP contribution in [0.5, 0.6) is 5.75 Å². The van der Waals surface area contributed by atoms with Gasteiger partial charge in [0.2, 0.25) is 10.0 Å². The number of hydrogen-bond donors (Lipinski definition) is 1. The Bertz CT molecular complexity index is 796. The van der Waals surface area contributed by atoms with Crippen LogP contribution in [0.15, 0.2) is 59.5 Å². The minimum atomic E-state index is -3.71. The van der Waals surface area contributed by atoms with Crippen LogP contribution in [0.25, 0.3) is 0 Å². The number of esters is 1. The van der Waals surface area contributed by atoms with E-state index < -0.39 is 16.0 Å². The summed E-state index contributed by atoms with van der Waals surface area (Å²) >= 11 is 5.77. The maximum absolute atomic E-state index is 12.0. The average molecular weight is 384 g/mol. The second-order valence-electron chi connectivity index (χ2n) is 4.99. The van der Waals surface area contributed by atoms with Crippen molar-refractivity contribution in [3.8, 4) is 5.75 Å². The van der Waals surface area contributed by atoms with Crippen molar-refractivity contribution in [1.29, 1.82) is 0 Å². The Labute approximate surface area is 151 Å². The number of sulfonamides is 1. The first kappa shape index (κ1) is 19.2. The number of para-hydroxylation sites is 1. The molecule has 0 fully saturated rings. The standard InChI is InChI=1S/C17H18ClNO5S/c18-14-5-4-8-16(13-14)25(21,22)19-10-9-17(20)24-12-11-23-15-6-2-1-3-7-15/h1-8,13,19H,9-12H2. The van der Waals surface area contributed by atoms with Gasteiger partial charge < -0.3 is 9.47 Å². The van der Waals surface area contributed by atoms with E-state index in [9.17, 15) is 13.2 Å². The minimum absolute atomic E-state index is 0.0460. The molecule has 1 N–H and O–H groups in total. The number of halogens is 1. The number of rotatable bonds is 9. The molecule has 0 saturated heterocycles. The van der Waals surface area contributed by atoms with Crippen LogP contribution in [0.2, 0.25) is 5.02 Å². The van der Waals surface area contributed by atoms with Gasteiger partial charge in [-0.2, -0.15) is 0 Å². The highest BCUT2D eigenvalue weighted by molar-refractivity contribution is 7.89. The van der Waals surface area contributed by atoms with Gasteiger partial charge in [0.15, 0.2) is 0 Å². The second-order valence-corrected chi connectivity index (χ2v) is 7.19. The van der Waals surface area contributed by atoms with E-state index in [1.165, 1.54) is 18.2 Å². The van der Waals surface area contributed by atoms with Crippen molar-refractivity contribution < 1.29 is 22.7 Å². The Morgan fingerprint density at radius 2 is 1.80 bits per heavy atom. The minimum Gasteiger partial charge on any atom is -0.490 e. The van der Waals surface area contributed by atoms with E-state index in [0.29, 0.717) is 10.8 Å². The molecule has 0 aromatic heterocycles. The summed E-state index contributed by atoms with van der Waals surface area (Å²) in [6.07, 6.45) is -0.0782. The molecule has 0 aliphatic heterocycles. The number of ether oxygens (including phenoxy) is 2. The van der Waals surface area contributed by atoms with E-state index >= 15 is 0 Å². The molecular formula is C17H18ClNO5S.